The van der Waals surface area contributed by atoms with E-state index in [0.717, 1.165) is 11.3 Å². The molecule has 0 saturated carbocycles. The first-order valence-corrected chi connectivity index (χ1v) is 7.08. The predicted octanol–water partition coefficient (Wildman–Crippen LogP) is 4.57. The van der Waals surface area contributed by atoms with Crippen LogP contribution in [0.2, 0.25) is 0 Å². The highest BCUT2D eigenvalue weighted by Gasteiger charge is 2.19. The van der Waals surface area contributed by atoms with Crippen molar-refractivity contribution in [2.24, 2.45) is 0 Å². The minimum atomic E-state index is 0.399. The van der Waals surface area contributed by atoms with Crippen molar-refractivity contribution in [3.8, 4) is 5.75 Å². The molecule has 0 atom stereocenters. The summed E-state index contributed by atoms with van der Waals surface area (Å²) in [6.07, 6.45) is 0.923. The monoisotopic (exact) mass is 256 g/mol. The van der Waals surface area contributed by atoms with E-state index in [-0.39, 0.29) is 0 Å². The van der Waals surface area contributed by atoms with E-state index in [2.05, 4.69) is 38.1 Å². The third-order valence-corrected chi connectivity index (χ3v) is 4.71. The zero-order chi connectivity index (χ0) is 12.7. The van der Waals surface area contributed by atoms with E-state index in [1.165, 1.54) is 21.6 Å². The molecule has 0 saturated heterocycles. The minimum Gasteiger partial charge on any atom is -0.507 e. The quantitative estimate of drug-likeness (QED) is 0.688. The third kappa shape index (κ3) is 1.91. The largest absolute Gasteiger partial charge is 0.507 e. The molecular weight excluding hydrogens is 240 g/mol. The van der Waals surface area contributed by atoms with E-state index in [1.54, 1.807) is 17.8 Å². The highest BCUT2D eigenvalue weighted by atomic mass is 32.2. The molecule has 0 bridgehead atoms. The van der Waals surface area contributed by atoms with Crippen LogP contribution in [0, 0.1) is 0 Å². The number of hydrogen-bond acceptors (Lipinski definition) is 2. The summed E-state index contributed by atoms with van der Waals surface area (Å²) in [5.41, 5.74) is 4.00. The fourth-order valence-electron chi connectivity index (χ4n) is 2.34. The second-order valence-corrected chi connectivity index (χ2v) is 6.12. The number of phenols is 1. The lowest BCUT2D eigenvalue weighted by atomic mass is 9.97. The Kier molecular flexibility index (Phi) is 2.83. The molecule has 1 N–H and O–H groups in total. The van der Waals surface area contributed by atoms with Crippen LogP contribution in [0.4, 0.5) is 0 Å². The smallest absolute Gasteiger partial charge is 0.129 e. The Bertz CT molecular complexity index is 602. The van der Waals surface area contributed by atoms with Gasteiger partial charge in [0.15, 0.2) is 0 Å². The van der Waals surface area contributed by atoms with Crippen LogP contribution in [-0.2, 0) is 6.42 Å². The Hall–Kier alpha value is -1.41. The summed E-state index contributed by atoms with van der Waals surface area (Å²) in [4.78, 5) is 2.29. The Morgan fingerprint density at radius 1 is 1.11 bits per heavy atom. The summed E-state index contributed by atoms with van der Waals surface area (Å²) >= 11 is 1.68. The molecule has 0 spiro atoms. The van der Waals surface area contributed by atoms with E-state index in [4.69, 9.17) is 0 Å². The summed E-state index contributed by atoms with van der Waals surface area (Å²) in [5, 5.41) is 9.90. The number of benzene rings is 2. The van der Waals surface area contributed by atoms with Gasteiger partial charge in [0.25, 0.3) is 0 Å². The molecule has 0 fully saturated rings. The third-order valence-electron chi connectivity index (χ3n) is 3.42. The van der Waals surface area contributed by atoms with Crippen molar-refractivity contribution < 1.29 is 5.11 Å². The van der Waals surface area contributed by atoms with Gasteiger partial charge in [0.1, 0.15) is 5.75 Å². The molecule has 2 aromatic rings. The molecule has 1 heterocycles. The van der Waals surface area contributed by atoms with Gasteiger partial charge < -0.3 is 5.11 Å². The SMILES string of the molecule is CC(C)c1ccc2c(c1)Cc1cccc(O)c1S2. The van der Waals surface area contributed by atoms with Gasteiger partial charge in [0, 0.05) is 4.90 Å². The van der Waals surface area contributed by atoms with Gasteiger partial charge in [-0.3, -0.25) is 0 Å². The average molecular weight is 256 g/mol. The van der Waals surface area contributed by atoms with Gasteiger partial charge in [-0.1, -0.05) is 49.9 Å². The molecule has 1 aliphatic heterocycles. The first kappa shape index (κ1) is 11.7. The molecule has 2 aromatic carbocycles. The summed E-state index contributed by atoms with van der Waals surface area (Å²) in [6.45, 7) is 4.44. The van der Waals surface area contributed by atoms with Crippen LogP contribution < -0.4 is 0 Å². The van der Waals surface area contributed by atoms with Gasteiger partial charge >= 0.3 is 0 Å². The van der Waals surface area contributed by atoms with E-state index >= 15 is 0 Å². The van der Waals surface area contributed by atoms with E-state index < -0.39 is 0 Å². The highest BCUT2D eigenvalue weighted by molar-refractivity contribution is 7.99. The van der Waals surface area contributed by atoms with Crippen LogP contribution in [0.1, 0.15) is 36.5 Å². The van der Waals surface area contributed by atoms with Crippen molar-refractivity contribution in [2.45, 2.75) is 36.0 Å². The lowest BCUT2D eigenvalue weighted by molar-refractivity contribution is 0.461. The summed E-state index contributed by atoms with van der Waals surface area (Å²) in [6, 6.07) is 12.5. The van der Waals surface area contributed by atoms with Crippen LogP contribution in [0.3, 0.4) is 0 Å². The van der Waals surface area contributed by atoms with E-state index in [9.17, 15) is 5.11 Å². The van der Waals surface area contributed by atoms with Crippen molar-refractivity contribution in [1.29, 1.82) is 0 Å². The zero-order valence-corrected chi connectivity index (χ0v) is 11.4. The van der Waals surface area contributed by atoms with Gasteiger partial charge in [-0.15, -0.1) is 0 Å². The lowest BCUT2D eigenvalue weighted by Crippen LogP contribution is -2.01. The highest BCUT2D eigenvalue weighted by Crippen LogP contribution is 2.44. The van der Waals surface area contributed by atoms with Gasteiger partial charge in [-0.2, -0.15) is 0 Å². The molecular formula is C16H16OS. The Balaban J connectivity index is 2.05. The van der Waals surface area contributed by atoms with E-state index in [1.807, 2.05) is 6.07 Å². The Morgan fingerprint density at radius 2 is 1.94 bits per heavy atom. The molecule has 0 radical (unpaired) electrons. The number of aromatic hydroxyl groups is 1. The van der Waals surface area contributed by atoms with Crippen molar-refractivity contribution in [3.05, 3.63) is 53.1 Å². The van der Waals surface area contributed by atoms with Crippen LogP contribution in [-0.4, -0.2) is 5.11 Å². The average Bonchev–Trinajstić information content (AvgIpc) is 2.36. The number of rotatable bonds is 1. The Labute approximate surface area is 112 Å². The van der Waals surface area contributed by atoms with Gasteiger partial charge in [0.2, 0.25) is 0 Å². The first-order chi connectivity index (χ1) is 8.65. The lowest BCUT2D eigenvalue weighted by Gasteiger charge is -2.21. The normalized spacial score (nSPS) is 13.3. The minimum absolute atomic E-state index is 0.399. The fourth-order valence-corrected chi connectivity index (χ4v) is 3.40. The van der Waals surface area contributed by atoms with Gasteiger partial charge in [-0.25, -0.2) is 0 Å². The molecule has 18 heavy (non-hydrogen) atoms. The number of phenolic OH excluding ortho intramolecular Hbond substituents is 1. The van der Waals surface area contributed by atoms with Crippen molar-refractivity contribution in [3.63, 3.8) is 0 Å². The fraction of sp³-hybridized carbons (Fsp3) is 0.250. The maximum absolute atomic E-state index is 9.90. The zero-order valence-electron chi connectivity index (χ0n) is 10.6. The topological polar surface area (TPSA) is 20.2 Å². The Morgan fingerprint density at radius 3 is 2.72 bits per heavy atom. The summed E-state index contributed by atoms with van der Waals surface area (Å²) in [7, 11) is 0. The maximum Gasteiger partial charge on any atom is 0.129 e. The maximum atomic E-state index is 9.90. The van der Waals surface area contributed by atoms with Crippen LogP contribution >= 0.6 is 11.8 Å². The first-order valence-electron chi connectivity index (χ1n) is 6.26. The summed E-state index contributed by atoms with van der Waals surface area (Å²) < 4.78 is 0. The molecule has 1 aliphatic rings. The molecule has 0 aromatic heterocycles. The molecule has 92 valence electrons. The van der Waals surface area contributed by atoms with Crippen molar-refractivity contribution >= 4 is 11.8 Å². The standard InChI is InChI=1S/C16H16OS/c1-10(2)11-6-7-15-13(8-11)9-12-4-3-5-14(17)16(12)18-15/h3-8,10,17H,9H2,1-2H3. The molecule has 3 rings (SSSR count). The van der Waals surface area contributed by atoms with Gasteiger partial charge in [-0.05, 0) is 41.2 Å². The molecule has 0 amide bonds. The van der Waals surface area contributed by atoms with Crippen molar-refractivity contribution in [2.75, 3.05) is 0 Å². The number of hydrogen-bond donors (Lipinski definition) is 1. The summed E-state index contributed by atoms with van der Waals surface area (Å²) in [5.74, 6) is 0.960. The second-order valence-electron chi connectivity index (χ2n) is 5.07. The van der Waals surface area contributed by atoms with Crippen LogP contribution in [0.25, 0.3) is 0 Å². The number of fused-ring (bicyclic) bond motifs is 2. The van der Waals surface area contributed by atoms with Crippen LogP contribution in [0.15, 0.2) is 46.2 Å². The molecule has 0 aliphatic carbocycles. The van der Waals surface area contributed by atoms with Crippen LogP contribution in [0.5, 0.6) is 5.75 Å². The molecule has 2 heteroatoms. The molecule has 0 unspecified atom stereocenters. The molecule has 1 nitrogen and oxygen atoms in total. The van der Waals surface area contributed by atoms with Gasteiger partial charge in [0.05, 0.1) is 4.90 Å². The van der Waals surface area contributed by atoms with Crippen molar-refractivity contribution in [1.82, 2.24) is 0 Å². The second kappa shape index (κ2) is 4.36. The van der Waals surface area contributed by atoms with E-state index in [0.29, 0.717) is 11.7 Å². The predicted molar refractivity (Wildman–Crippen MR) is 75.6 cm³/mol.